The van der Waals surface area contributed by atoms with E-state index < -0.39 is 14.2 Å². The van der Waals surface area contributed by atoms with Gasteiger partial charge in [-0.2, -0.15) is 4.98 Å². The minimum absolute atomic E-state index is 0.0985. The Kier molecular flexibility index (Phi) is 7.40. The van der Waals surface area contributed by atoms with Crippen LogP contribution in [0.5, 0.6) is 0 Å². The van der Waals surface area contributed by atoms with Gasteiger partial charge in [-0.3, -0.25) is 9.36 Å². The number of piperidine rings is 1. The third-order valence-corrected chi connectivity index (χ3v) is 8.48. The molecule has 2 aromatic rings. The standard InChI is InChI=1S/C21H34BrN5O4Si/c1-21(13-23-20(29)30)6-8-26(9-7-21)19-24-17-16(18(28)25(19)2)15(22)12-27(17)14-31-10-11-32(3,4)5/h12,23H,6-11,13-14H2,1-5H3,(H,29,30). The lowest BCUT2D eigenvalue weighted by molar-refractivity contribution is 0.0898. The first-order chi connectivity index (χ1) is 14.9. The van der Waals surface area contributed by atoms with Crippen LogP contribution in [0.3, 0.4) is 0 Å². The van der Waals surface area contributed by atoms with Gasteiger partial charge in [-0.25, -0.2) is 4.79 Å². The van der Waals surface area contributed by atoms with Crippen LogP contribution in [0, 0.1) is 5.41 Å². The molecule has 1 fully saturated rings. The minimum Gasteiger partial charge on any atom is -0.465 e. The molecule has 2 N–H and O–H groups in total. The Morgan fingerprint density at radius 2 is 2.00 bits per heavy atom. The molecule has 0 radical (unpaired) electrons. The molecule has 1 aliphatic rings. The molecule has 0 atom stereocenters. The first-order valence-electron chi connectivity index (χ1n) is 11.0. The van der Waals surface area contributed by atoms with Crippen LogP contribution in [0.25, 0.3) is 11.0 Å². The molecule has 3 heterocycles. The Bertz CT molecular complexity index is 1040. The van der Waals surface area contributed by atoms with E-state index in [-0.39, 0.29) is 11.0 Å². The minimum atomic E-state index is -1.17. The third kappa shape index (κ3) is 5.73. The van der Waals surface area contributed by atoms with Crippen LogP contribution in [0.4, 0.5) is 10.7 Å². The number of carbonyl (C=O) groups is 1. The molecule has 1 aliphatic heterocycles. The quantitative estimate of drug-likeness (QED) is 0.401. The van der Waals surface area contributed by atoms with Crippen LogP contribution in [0.2, 0.25) is 25.7 Å². The Hall–Kier alpha value is -1.85. The third-order valence-electron chi connectivity index (χ3n) is 6.17. The van der Waals surface area contributed by atoms with Crippen LogP contribution < -0.4 is 15.8 Å². The molecule has 1 saturated heterocycles. The molecule has 0 unspecified atom stereocenters. The lowest BCUT2D eigenvalue weighted by Crippen LogP contribution is -2.46. The van der Waals surface area contributed by atoms with E-state index in [1.165, 1.54) is 0 Å². The maximum atomic E-state index is 13.1. The van der Waals surface area contributed by atoms with Gasteiger partial charge in [0.1, 0.15) is 6.73 Å². The predicted molar refractivity (Wildman–Crippen MR) is 132 cm³/mol. The van der Waals surface area contributed by atoms with Crippen LogP contribution >= 0.6 is 15.9 Å². The average Bonchev–Trinajstić information content (AvgIpc) is 3.02. The van der Waals surface area contributed by atoms with Gasteiger partial charge < -0.3 is 24.6 Å². The number of nitrogens with zero attached hydrogens (tertiary/aromatic N) is 4. The number of fused-ring (bicyclic) bond motifs is 1. The molecule has 0 aliphatic carbocycles. The van der Waals surface area contributed by atoms with Crippen molar-refractivity contribution in [2.45, 2.75) is 52.2 Å². The number of halogens is 1. The van der Waals surface area contributed by atoms with Crippen molar-refractivity contribution in [2.75, 3.05) is 31.1 Å². The van der Waals surface area contributed by atoms with E-state index in [2.05, 4.69) is 52.7 Å². The summed E-state index contributed by atoms with van der Waals surface area (Å²) in [6, 6.07) is 1.08. The summed E-state index contributed by atoms with van der Waals surface area (Å²) >= 11 is 3.52. The number of aromatic nitrogens is 3. The number of rotatable bonds is 8. The molecular formula is C21H34BrN5O4Si. The maximum Gasteiger partial charge on any atom is 0.404 e. The normalized spacial score (nSPS) is 16.5. The van der Waals surface area contributed by atoms with Gasteiger partial charge in [0.15, 0.2) is 5.65 Å². The molecule has 0 bridgehead atoms. The van der Waals surface area contributed by atoms with Crippen molar-refractivity contribution in [3.8, 4) is 0 Å². The van der Waals surface area contributed by atoms with Crippen molar-refractivity contribution in [1.29, 1.82) is 0 Å². The van der Waals surface area contributed by atoms with Crippen molar-refractivity contribution < 1.29 is 14.6 Å². The second-order valence-electron chi connectivity index (χ2n) is 10.2. The summed E-state index contributed by atoms with van der Waals surface area (Å²) in [6.45, 7) is 11.9. The highest BCUT2D eigenvalue weighted by molar-refractivity contribution is 9.10. The highest BCUT2D eigenvalue weighted by Crippen LogP contribution is 2.32. The summed E-state index contributed by atoms with van der Waals surface area (Å²) in [4.78, 5) is 31.0. The van der Waals surface area contributed by atoms with E-state index in [1.807, 2.05) is 10.8 Å². The Labute approximate surface area is 197 Å². The predicted octanol–water partition coefficient (Wildman–Crippen LogP) is 3.68. The van der Waals surface area contributed by atoms with E-state index in [1.54, 1.807) is 11.6 Å². The lowest BCUT2D eigenvalue weighted by Gasteiger charge is -2.40. The van der Waals surface area contributed by atoms with Crippen LogP contribution in [0.15, 0.2) is 15.5 Å². The highest BCUT2D eigenvalue weighted by Gasteiger charge is 2.32. The Balaban J connectivity index is 1.80. The van der Waals surface area contributed by atoms with Crippen molar-refractivity contribution >= 4 is 47.1 Å². The van der Waals surface area contributed by atoms with Gasteiger partial charge in [-0.15, -0.1) is 0 Å². The highest BCUT2D eigenvalue weighted by atomic mass is 79.9. The van der Waals surface area contributed by atoms with Crippen molar-refractivity contribution in [2.24, 2.45) is 12.5 Å². The molecule has 0 saturated carbocycles. The molecular weight excluding hydrogens is 494 g/mol. The van der Waals surface area contributed by atoms with Gasteiger partial charge in [0.05, 0.1) is 9.86 Å². The zero-order valence-corrected chi connectivity index (χ0v) is 22.2. The fraction of sp³-hybridized carbons (Fsp3) is 0.667. The molecule has 2 aromatic heterocycles. The molecule has 9 nitrogen and oxygen atoms in total. The smallest absolute Gasteiger partial charge is 0.404 e. The number of hydrogen-bond acceptors (Lipinski definition) is 5. The van der Waals surface area contributed by atoms with Crippen LogP contribution in [0.1, 0.15) is 19.8 Å². The molecule has 32 heavy (non-hydrogen) atoms. The Morgan fingerprint density at radius 3 is 2.59 bits per heavy atom. The van der Waals surface area contributed by atoms with Crippen LogP contribution in [-0.2, 0) is 18.5 Å². The second-order valence-corrected chi connectivity index (χ2v) is 16.7. The van der Waals surface area contributed by atoms with Crippen molar-refractivity contribution in [3.63, 3.8) is 0 Å². The number of nitrogens with one attached hydrogen (secondary N) is 1. The monoisotopic (exact) mass is 527 g/mol. The van der Waals surface area contributed by atoms with E-state index in [0.717, 1.165) is 18.9 Å². The number of carboxylic acid groups (broad SMARTS) is 1. The van der Waals surface area contributed by atoms with Crippen LogP contribution in [-0.4, -0.2) is 59.6 Å². The average molecular weight is 529 g/mol. The molecule has 1 amide bonds. The van der Waals surface area contributed by atoms with E-state index in [9.17, 15) is 9.59 Å². The first-order valence-corrected chi connectivity index (χ1v) is 15.5. The number of anilines is 1. The van der Waals surface area contributed by atoms with Crippen molar-refractivity contribution in [1.82, 2.24) is 19.4 Å². The van der Waals surface area contributed by atoms with E-state index in [0.29, 0.717) is 54.4 Å². The molecule has 11 heteroatoms. The fourth-order valence-electron chi connectivity index (χ4n) is 3.89. The summed E-state index contributed by atoms with van der Waals surface area (Å²) in [6.07, 6.45) is 2.49. The summed E-state index contributed by atoms with van der Waals surface area (Å²) in [5.41, 5.74) is 0.410. The summed E-state index contributed by atoms with van der Waals surface area (Å²) in [7, 11) is 0.576. The van der Waals surface area contributed by atoms with Gasteiger partial charge in [-0.1, -0.05) is 26.6 Å². The second kappa shape index (κ2) is 9.56. The lowest BCUT2D eigenvalue weighted by atomic mass is 9.80. The number of hydrogen-bond donors (Lipinski definition) is 2. The van der Waals surface area contributed by atoms with Gasteiger partial charge in [0, 0.05) is 47.6 Å². The molecule has 178 valence electrons. The molecule has 0 aromatic carbocycles. The fourth-order valence-corrected chi connectivity index (χ4v) is 5.24. The van der Waals surface area contributed by atoms with Gasteiger partial charge >= 0.3 is 6.09 Å². The largest absolute Gasteiger partial charge is 0.465 e. The Morgan fingerprint density at radius 1 is 1.34 bits per heavy atom. The van der Waals surface area contributed by atoms with E-state index in [4.69, 9.17) is 14.8 Å². The summed E-state index contributed by atoms with van der Waals surface area (Å²) < 4.78 is 10.1. The molecule has 0 spiro atoms. The van der Waals surface area contributed by atoms with E-state index >= 15 is 0 Å². The number of ether oxygens (including phenoxy) is 1. The van der Waals surface area contributed by atoms with Crippen molar-refractivity contribution in [3.05, 3.63) is 21.0 Å². The number of amides is 1. The SMILES string of the molecule is Cn1c(N2CCC(C)(CNC(=O)O)CC2)nc2c(c(Br)cn2COCC[Si](C)(C)C)c1=O. The van der Waals surface area contributed by atoms with Gasteiger partial charge in [-0.05, 0) is 40.2 Å². The molecule has 3 rings (SSSR count). The summed E-state index contributed by atoms with van der Waals surface area (Å²) in [5, 5.41) is 12.0. The van der Waals surface area contributed by atoms with Gasteiger partial charge in [0.25, 0.3) is 5.56 Å². The zero-order valence-electron chi connectivity index (χ0n) is 19.6. The maximum absolute atomic E-state index is 13.1. The van der Waals surface area contributed by atoms with Gasteiger partial charge in [0.2, 0.25) is 5.95 Å². The zero-order chi connectivity index (χ0) is 23.7. The topological polar surface area (TPSA) is 102 Å². The summed E-state index contributed by atoms with van der Waals surface area (Å²) in [5.74, 6) is 0.629. The first kappa shape index (κ1) is 24.8.